The molecule has 0 amide bonds. The summed E-state index contributed by atoms with van der Waals surface area (Å²) in [5.74, 6) is -0.0690. The number of aliphatic carboxylic acids is 1. The van der Waals surface area contributed by atoms with Crippen molar-refractivity contribution in [3.05, 3.63) is 41.5 Å². The maximum atomic E-state index is 10.6. The largest absolute Gasteiger partial charge is 0.494 e. The SMILES string of the molecule is CCOc1ccc(C(/C=C/C(=O)O)N(C)C)cc1C. The minimum absolute atomic E-state index is 0.0644. The van der Waals surface area contributed by atoms with Gasteiger partial charge in [-0.25, -0.2) is 4.79 Å². The first-order chi connectivity index (χ1) is 8.95. The van der Waals surface area contributed by atoms with Crippen molar-refractivity contribution >= 4 is 5.97 Å². The summed E-state index contributed by atoms with van der Waals surface area (Å²) in [5.41, 5.74) is 2.10. The molecule has 0 aliphatic carbocycles. The smallest absolute Gasteiger partial charge is 0.328 e. The molecule has 1 N–H and O–H groups in total. The first-order valence-corrected chi connectivity index (χ1v) is 6.26. The number of aryl methyl sites for hydroxylation is 1. The average Bonchev–Trinajstić information content (AvgIpc) is 2.32. The van der Waals surface area contributed by atoms with Gasteiger partial charge in [0.25, 0.3) is 0 Å². The predicted molar refractivity (Wildman–Crippen MR) is 75.6 cm³/mol. The molecule has 4 heteroatoms. The van der Waals surface area contributed by atoms with Gasteiger partial charge in [0.15, 0.2) is 0 Å². The highest BCUT2D eigenvalue weighted by molar-refractivity contribution is 5.79. The van der Waals surface area contributed by atoms with Gasteiger partial charge in [-0.3, -0.25) is 4.90 Å². The minimum atomic E-state index is -0.936. The number of carboxylic acids is 1. The molecule has 0 saturated carbocycles. The summed E-state index contributed by atoms with van der Waals surface area (Å²) in [6, 6.07) is 5.86. The monoisotopic (exact) mass is 263 g/mol. The second kappa shape index (κ2) is 6.95. The third kappa shape index (κ3) is 4.41. The lowest BCUT2D eigenvalue weighted by molar-refractivity contribution is -0.131. The molecule has 1 aromatic rings. The molecular formula is C15H21NO3. The molecule has 0 radical (unpaired) electrons. The van der Waals surface area contributed by atoms with Gasteiger partial charge in [-0.2, -0.15) is 0 Å². The lowest BCUT2D eigenvalue weighted by atomic mass is 10.0. The van der Waals surface area contributed by atoms with Crippen molar-refractivity contribution in [3.8, 4) is 5.75 Å². The molecule has 1 rings (SSSR count). The van der Waals surface area contributed by atoms with Gasteiger partial charge in [-0.15, -0.1) is 0 Å². The second-order valence-electron chi connectivity index (χ2n) is 4.56. The molecule has 19 heavy (non-hydrogen) atoms. The molecule has 0 aliphatic heterocycles. The van der Waals surface area contributed by atoms with E-state index >= 15 is 0 Å². The molecule has 4 nitrogen and oxygen atoms in total. The van der Waals surface area contributed by atoms with Crippen molar-refractivity contribution in [2.75, 3.05) is 20.7 Å². The molecule has 1 atom stereocenters. The number of ether oxygens (including phenoxy) is 1. The Hall–Kier alpha value is -1.81. The molecule has 0 spiro atoms. The Labute approximate surface area is 114 Å². The first kappa shape index (κ1) is 15.2. The molecule has 0 fully saturated rings. The zero-order valence-corrected chi connectivity index (χ0v) is 11.9. The number of hydrogen-bond donors (Lipinski definition) is 1. The Balaban J connectivity index is 3.03. The van der Waals surface area contributed by atoms with Crippen LogP contribution in [-0.4, -0.2) is 36.7 Å². The zero-order chi connectivity index (χ0) is 14.4. The summed E-state index contributed by atoms with van der Waals surface area (Å²) in [7, 11) is 3.84. The van der Waals surface area contributed by atoms with Gasteiger partial charge in [0, 0.05) is 6.08 Å². The van der Waals surface area contributed by atoms with Crippen LogP contribution in [-0.2, 0) is 4.79 Å². The fraction of sp³-hybridized carbons (Fsp3) is 0.400. The van der Waals surface area contributed by atoms with E-state index in [1.807, 2.05) is 51.0 Å². The van der Waals surface area contributed by atoms with Crippen molar-refractivity contribution in [2.24, 2.45) is 0 Å². The summed E-state index contributed by atoms with van der Waals surface area (Å²) in [4.78, 5) is 12.6. The molecule has 1 unspecified atom stereocenters. The fourth-order valence-electron chi connectivity index (χ4n) is 1.93. The van der Waals surface area contributed by atoms with E-state index < -0.39 is 5.97 Å². The molecule has 0 saturated heterocycles. The van der Waals surface area contributed by atoms with Gasteiger partial charge in [-0.05, 0) is 45.1 Å². The second-order valence-corrected chi connectivity index (χ2v) is 4.56. The van der Waals surface area contributed by atoms with Crippen molar-refractivity contribution in [3.63, 3.8) is 0 Å². The number of likely N-dealkylation sites (N-methyl/N-ethyl adjacent to an activating group) is 1. The van der Waals surface area contributed by atoms with Gasteiger partial charge >= 0.3 is 5.97 Å². The molecule has 1 aromatic carbocycles. The number of carbonyl (C=O) groups is 1. The van der Waals surface area contributed by atoms with Crippen molar-refractivity contribution in [2.45, 2.75) is 19.9 Å². The predicted octanol–water partition coefficient (Wildman–Crippen LogP) is 2.64. The quantitative estimate of drug-likeness (QED) is 0.802. The van der Waals surface area contributed by atoms with Crippen LogP contribution in [0.1, 0.15) is 24.1 Å². The average molecular weight is 263 g/mol. The van der Waals surface area contributed by atoms with Crippen LogP contribution in [0.3, 0.4) is 0 Å². The number of nitrogens with zero attached hydrogens (tertiary/aromatic N) is 1. The third-order valence-electron chi connectivity index (χ3n) is 2.82. The maximum Gasteiger partial charge on any atom is 0.328 e. The summed E-state index contributed by atoms with van der Waals surface area (Å²) in [6.45, 7) is 4.57. The summed E-state index contributed by atoms with van der Waals surface area (Å²) in [6.07, 6.45) is 2.86. The molecular weight excluding hydrogens is 242 g/mol. The van der Waals surface area contributed by atoms with Crippen molar-refractivity contribution in [1.82, 2.24) is 4.90 Å². The van der Waals surface area contributed by atoms with Crippen LogP contribution < -0.4 is 4.74 Å². The Bertz CT molecular complexity index is 466. The van der Waals surface area contributed by atoms with E-state index in [0.717, 1.165) is 16.9 Å². The normalized spacial score (nSPS) is 12.9. The highest BCUT2D eigenvalue weighted by Crippen LogP contribution is 2.26. The van der Waals surface area contributed by atoms with E-state index in [1.54, 1.807) is 6.08 Å². The van der Waals surface area contributed by atoms with Crippen LogP contribution >= 0.6 is 0 Å². The first-order valence-electron chi connectivity index (χ1n) is 6.26. The lowest BCUT2D eigenvalue weighted by Gasteiger charge is -2.22. The minimum Gasteiger partial charge on any atom is -0.494 e. The number of rotatable bonds is 6. The Kier molecular flexibility index (Phi) is 5.57. The van der Waals surface area contributed by atoms with Gasteiger partial charge < -0.3 is 9.84 Å². The third-order valence-corrected chi connectivity index (χ3v) is 2.82. The molecule has 0 aliphatic rings. The number of benzene rings is 1. The van der Waals surface area contributed by atoms with Gasteiger partial charge in [0.1, 0.15) is 5.75 Å². The van der Waals surface area contributed by atoms with Crippen LogP contribution in [0.15, 0.2) is 30.4 Å². The molecule has 0 bridgehead atoms. The van der Waals surface area contributed by atoms with Gasteiger partial charge in [0.2, 0.25) is 0 Å². The van der Waals surface area contributed by atoms with E-state index in [0.29, 0.717) is 6.61 Å². The van der Waals surface area contributed by atoms with Gasteiger partial charge in [-0.1, -0.05) is 18.2 Å². The van der Waals surface area contributed by atoms with Crippen LogP contribution in [0.25, 0.3) is 0 Å². The van der Waals surface area contributed by atoms with E-state index in [9.17, 15) is 4.79 Å². The van der Waals surface area contributed by atoms with Crippen LogP contribution in [0.2, 0.25) is 0 Å². The van der Waals surface area contributed by atoms with E-state index in [1.165, 1.54) is 6.08 Å². The summed E-state index contributed by atoms with van der Waals surface area (Å²) in [5, 5.41) is 8.73. The molecule has 0 aromatic heterocycles. The summed E-state index contributed by atoms with van der Waals surface area (Å²) < 4.78 is 5.50. The Morgan fingerprint density at radius 3 is 2.63 bits per heavy atom. The Morgan fingerprint density at radius 2 is 2.16 bits per heavy atom. The van der Waals surface area contributed by atoms with Crippen LogP contribution in [0.4, 0.5) is 0 Å². The number of hydrogen-bond acceptors (Lipinski definition) is 3. The zero-order valence-electron chi connectivity index (χ0n) is 11.9. The highest BCUT2D eigenvalue weighted by atomic mass is 16.5. The topological polar surface area (TPSA) is 49.8 Å². The lowest BCUT2D eigenvalue weighted by Crippen LogP contribution is -2.18. The van der Waals surface area contributed by atoms with E-state index in [4.69, 9.17) is 9.84 Å². The maximum absolute atomic E-state index is 10.6. The fourth-order valence-corrected chi connectivity index (χ4v) is 1.93. The molecule has 0 heterocycles. The van der Waals surface area contributed by atoms with Gasteiger partial charge in [0.05, 0.1) is 12.6 Å². The van der Waals surface area contributed by atoms with Crippen molar-refractivity contribution < 1.29 is 14.6 Å². The van der Waals surface area contributed by atoms with E-state index in [-0.39, 0.29) is 6.04 Å². The molecule has 104 valence electrons. The van der Waals surface area contributed by atoms with Crippen LogP contribution in [0, 0.1) is 6.92 Å². The van der Waals surface area contributed by atoms with Crippen LogP contribution in [0.5, 0.6) is 5.75 Å². The number of carboxylic acid groups (broad SMARTS) is 1. The van der Waals surface area contributed by atoms with E-state index in [2.05, 4.69) is 0 Å². The Morgan fingerprint density at radius 1 is 1.47 bits per heavy atom. The highest BCUT2D eigenvalue weighted by Gasteiger charge is 2.12. The summed E-state index contributed by atoms with van der Waals surface area (Å²) >= 11 is 0. The standard InChI is InChI=1S/C15H21NO3/c1-5-19-14-8-6-12(10-11(14)2)13(16(3)4)7-9-15(17)18/h6-10,13H,5H2,1-4H3,(H,17,18)/b9-7+. The van der Waals surface area contributed by atoms with Crippen molar-refractivity contribution in [1.29, 1.82) is 0 Å².